The summed E-state index contributed by atoms with van der Waals surface area (Å²) in [5, 5.41) is 16.7. The molecule has 10 heteroatoms. The van der Waals surface area contributed by atoms with Crippen LogP contribution in [0.3, 0.4) is 0 Å². The molecule has 0 aliphatic rings. The van der Waals surface area contributed by atoms with Gasteiger partial charge in [0, 0.05) is 6.20 Å². The highest BCUT2D eigenvalue weighted by Crippen LogP contribution is 2.26. The monoisotopic (exact) mass is 380 g/mol. The lowest BCUT2D eigenvalue weighted by atomic mass is 10.2. The van der Waals surface area contributed by atoms with Crippen LogP contribution >= 0.6 is 11.8 Å². The molecular formula is C17H16N8OS. The van der Waals surface area contributed by atoms with Gasteiger partial charge in [-0.1, -0.05) is 23.9 Å². The first-order chi connectivity index (χ1) is 13.2. The van der Waals surface area contributed by atoms with E-state index in [1.807, 2.05) is 37.4 Å². The molecule has 0 bridgehead atoms. The minimum absolute atomic E-state index is 0.432. The number of nitrogens with zero attached hydrogens (tertiary/aromatic N) is 7. The molecule has 1 N–H and O–H groups in total. The van der Waals surface area contributed by atoms with Gasteiger partial charge in [-0.3, -0.25) is 0 Å². The molecule has 27 heavy (non-hydrogen) atoms. The SMILES string of the molecule is COc1ccccc1Nc1nccc(-c2nnc3nc(SC)nn3c2C)n1. The largest absolute Gasteiger partial charge is 0.495 e. The summed E-state index contributed by atoms with van der Waals surface area (Å²) >= 11 is 1.45. The van der Waals surface area contributed by atoms with Crippen LogP contribution in [0.1, 0.15) is 5.69 Å². The maximum Gasteiger partial charge on any atom is 0.272 e. The molecule has 0 amide bonds. The number of aryl methyl sites for hydroxylation is 1. The number of fused-ring (bicyclic) bond motifs is 1. The minimum atomic E-state index is 0.432. The molecule has 4 aromatic rings. The molecule has 0 saturated carbocycles. The standard InChI is InChI=1S/C17H16N8OS/c1-10-14(22-23-16-21-17(27-3)24-25(10)16)12-8-9-18-15(20-12)19-11-6-4-5-7-13(11)26-2/h4-9H,1-3H3,(H,18,19,20). The summed E-state index contributed by atoms with van der Waals surface area (Å²) in [4.78, 5) is 13.1. The minimum Gasteiger partial charge on any atom is -0.495 e. The van der Waals surface area contributed by atoms with Crippen LogP contribution in [0.5, 0.6) is 5.75 Å². The Labute approximate surface area is 159 Å². The van der Waals surface area contributed by atoms with Crippen LogP contribution < -0.4 is 10.1 Å². The lowest BCUT2D eigenvalue weighted by Crippen LogP contribution is -2.05. The van der Waals surface area contributed by atoms with E-state index >= 15 is 0 Å². The van der Waals surface area contributed by atoms with Gasteiger partial charge in [-0.05, 0) is 31.4 Å². The average molecular weight is 380 g/mol. The zero-order chi connectivity index (χ0) is 18.8. The molecule has 0 fully saturated rings. The van der Waals surface area contributed by atoms with E-state index in [2.05, 4.69) is 35.6 Å². The number of benzene rings is 1. The molecule has 0 atom stereocenters. The molecule has 3 aromatic heterocycles. The molecule has 0 radical (unpaired) electrons. The highest BCUT2D eigenvalue weighted by molar-refractivity contribution is 7.98. The van der Waals surface area contributed by atoms with E-state index in [9.17, 15) is 0 Å². The number of anilines is 2. The van der Waals surface area contributed by atoms with Crippen LogP contribution in [0.4, 0.5) is 11.6 Å². The topological polar surface area (TPSA) is 103 Å². The van der Waals surface area contributed by atoms with Gasteiger partial charge < -0.3 is 10.1 Å². The summed E-state index contributed by atoms with van der Waals surface area (Å²) in [5.41, 5.74) is 2.83. The van der Waals surface area contributed by atoms with Gasteiger partial charge in [0.05, 0.1) is 24.2 Å². The van der Waals surface area contributed by atoms with Gasteiger partial charge in [0.1, 0.15) is 11.4 Å². The van der Waals surface area contributed by atoms with Crippen molar-refractivity contribution in [3.63, 3.8) is 0 Å². The number of para-hydroxylation sites is 2. The Morgan fingerprint density at radius 1 is 1.11 bits per heavy atom. The summed E-state index contributed by atoms with van der Waals surface area (Å²) in [6.07, 6.45) is 3.58. The Bertz CT molecular complexity index is 1110. The zero-order valence-electron chi connectivity index (χ0n) is 14.9. The third-order valence-electron chi connectivity index (χ3n) is 3.90. The van der Waals surface area contributed by atoms with Crippen molar-refractivity contribution in [2.75, 3.05) is 18.7 Å². The van der Waals surface area contributed by atoms with Crippen LogP contribution in [0, 0.1) is 6.92 Å². The fraction of sp³-hybridized carbons (Fsp3) is 0.176. The highest BCUT2D eigenvalue weighted by atomic mass is 32.2. The normalized spacial score (nSPS) is 10.9. The molecule has 0 aliphatic heterocycles. The Morgan fingerprint density at radius 2 is 1.96 bits per heavy atom. The van der Waals surface area contributed by atoms with Crippen molar-refractivity contribution in [3.8, 4) is 17.1 Å². The quantitative estimate of drug-likeness (QED) is 0.523. The second-order valence-corrected chi connectivity index (χ2v) is 6.31. The summed E-state index contributed by atoms with van der Waals surface area (Å²) in [7, 11) is 1.62. The van der Waals surface area contributed by atoms with Gasteiger partial charge in [-0.25, -0.2) is 9.97 Å². The first-order valence-corrected chi connectivity index (χ1v) is 9.29. The Hall–Kier alpha value is -3.27. The van der Waals surface area contributed by atoms with Crippen molar-refractivity contribution >= 4 is 29.2 Å². The van der Waals surface area contributed by atoms with E-state index in [-0.39, 0.29) is 0 Å². The first kappa shape index (κ1) is 17.2. The van der Waals surface area contributed by atoms with Crippen LogP contribution in [0.15, 0.2) is 41.7 Å². The lowest BCUT2D eigenvalue weighted by molar-refractivity contribution is 0.417. The van der Waals surface area contributed by atoms with Crippen molar-refractivity contribution in [1.82, 2.24) is 34.8 Å². The number of methoxy groups -OCH3 is 1. The third-order valence-corrected chi connectivity index (χ3v) is 4.44. The van der Waals surface area contributed by atoms with E-state index in [4.69, 9.17) is 4.74 Å². The van der Waals surface area contributed by atoms with Crippen molar-refractivity contribution < 1.29 is 4.74 Å². The second-order valence-electron chi connectivity index (χ2n) is 5.54. The molecule has 0 aliphatic carbocycles. The summed E-state index contributed by atoms with van der Waals surface area (Å²) in [6.45, 7) is 1.91. The van der Waals surface area contributed by atoms with E-state index in [0.29, 0.717) is 34.0 Å². The number of rotatable bonds is 5. The molecule has 3 heterocycles. The Morgan fingerprint density at radius 3 is 2.78 bits per heavy atom. The van der Waals surface area contributed by atoms with E-state index < -0.39 is 0 Å². The van der Waals surface area contributed by atoms with Crippen molar-refractivity contribution in [1.29, 1.82) is 0 Å². The van der Waals surface area contributed by atoms with Crippen LogP contribution in [-0.4, -0.2) is 48.1 Å². The van der Waals surface area contributed by atoms with Gasteiger partial charge in [0.2, 0.25) is 11.1 Å². The number of thioether (sulfide) groups is 1. The van der Waals surface area contributed by atoms with Crippen LogP contribution in [0.25, 0.3) is 17.2 Å². The maximum atomic E-state index is 5.35. The van der Waals surface area contributed by atoms with Crippen molar-refractivity contribution in [3.05, 3.63) is 42.2 Å². The smallest absolute Gasteiger partial charge is 0.272 e. The Balaban J connectivity index is 1.72. The highest BCUT2D eigenvalue weighted by Gasteiger charge is 2.14. The molecule has 9 nitrogen and oxygen atoms in total. The third kappa shape index (κ3) is 3.26. The maximum absolute atomic E-state index is 5.35. The Kier molecular flexibility index (Phi) is 4.55. The molecule has 4 rings (SSSR count). The summed E-state index contributed by atoms with van der Waals surface area (Å²) in [5.74, 6) is 1.60. The van der Waals surface area contributed by atoms with Gasteiger partial charge >= 0.3 is 0 Å². The van der Waals surface area contributed by atoms with Gasteiger partial charge in [0.15, 0.2) is 0 Å². The second kappa shape index (κ2) is 7.16. The molecule has 0 spiro atoms. The predicted octanol–water partition coefficient (Wildman–Crippen LogP) is 2.76. The number of hydrogen-bond donors (Lipinski definition) is 1. The lowest BCUT2D eigenvalue weighted by Gasteiger charge is -2.10. The van der Waals surface area contributed by atoms with Gasteiger partial charge in [-0.2, -0.15) is 9.50 Å². The fourth-order valence-electron chi connectivity index (χ4n) is 2.58. The number of nitrogens with one attached hydrogen (secondary N) is 1. The van der Waals surface area contributed by atoms with Crippen molar-refractivity contribution in [2.24, 2.45) is 0 Å². The number of hydrogen-bond acceptors (Lipinski definition) is 9. The summed E-state index contributed by atoms with van der Waals surface area (Å²) < 4.78 is 7.02. The van der Waals surface area contributed by atoms with E-state index in [1.165, 1.54) is 11.8 Å². The van der Waals surface area contributed by atoms with Crippen molar-refractivity contribution in [2.45, 2.75) is 12.1 Å². The molecular weight excluding hydrogens is 364 g/mol. The van der Waals surface area contributed by atoms with Crippen LogP contribution in [0.2, 0.25) is 0 Å². The number of aromatic nitrogens is 7. The zero-order valence-corrected chi connectivity index (χ0v) is 15.7. The number of ether oxygens (including phenoxy) is 1. The molecule has 136 valence electrons. The predicted molar refractivity (Wildman–Crippen MR) is 102 cm³/mol. The van der Waals surface area contributed by atoms with Gasteiger partial charge in [-0.15, -0.1) is 15.3 Å². The first-order valence-electron chi connectivity index (χ1n) is 8.07. The van der Waals surface area contributed by atoms with E-state index in [0.717, 1.165) is 11.4 Å². The molecule has 1 aromatic carbocycles. The van der Waals surface area contributed by atoms with Gasteiger partial charge in [0.25, 0.3) is 5.78 Å². The van der Waals surface area contributed by atoms with Crippen LogP contribution in [-0.2, 0) is 0 Å². The average Bonchev–Trinajstić information content (AvgIpc) is 3.13. The fourth-order valence-corrected chi connectivity index (χ4v) is 2.92. The molecule has 0 saturated heterocycles. The summed E-state index contributed by atoms with van der Waals surface area (Å²) in [6, 6.07) is 9.35. The molecule has 0 unspecified atom stereocenters. The van der Waals surface area contributed by atoms with E-state index in [1.54, 1.807) is 23.9 Å².